The van der Waals surface area contributed by atoms with Gasteiger partial charge >= 0.3 is 12.0 Å². The Kier molecular flexibility index (Phi) is 6.97. The highest BCUT2D eigenvalue weighted by molar-refractivity contribution is 7.12. The molecule has 0 bridgehead atoms. The molecule has 2 aromatic rings. The van der Waals surface area contributed by atoms with E-state index >= 15 is 0 Å². The van der Waals surface area contributed by atoms with Crippen molar-refractivity contribution in [3.05, 3.63) is 40.7 Å². The Morgan fingerprint density at radius 2 is 1.97 bits per heavy atom. The fraction of sp³-hybridized carbons (Fsp3) is 0.400. The van der Waals surface area contributed by atoms with Gasteiger partial charge in [-0.25, -0.2) is 14.6 Å². The van der Waals surface area contributed by atoms with Gasteiger partial charge in [0.15, 0.2) is 11.2 Å². The fourth-order valence-electron chi connectivity index (χ4n) is 2.59. The van der Waals surface area contributed by atoms with Crippen LogP contribution in [0.2, 0.25) is 0 Å². The zero-order valence-electron chi connectivity index (χ0n) is 17.4. The third-order valence-corrected chi connectivity index (χ3v) is 4.62. The van der Waals surface area contributed by atoms with Gasteiger partial charge in [-0.15, -0.1) is 11.3 Å². The standard InChI is InChI=1S/C20H26N4O4S/c1-12-11-15(13(2)24(12)19-21-9-10-29-19)7-8-16(25)28-14(3)17(26)22-18(27)23-20(4,5)6/h7-11,14H,1-6H3,(H2,22,23,26,27)/b8-7+. The van der Waals surface area contributed by atoms with Crippen LogP contribution in [0.3, 0.4) is 0 Å². The lowest BCUT2D eigenvalue weighted by Gasteiger charge is -2.21. The summed E-state index contributed by atoms with van der Waals surface area (Å²) >= 11 is 1.52. The molecule has 0 saturated carbocycles. The number of carbonyl (C=O) groups is 3. The molecule has 0 saturated heterocycles. The number of rotatable bonds is 5. The Balaban J connectivity index is 1.97. The van der Waals surface area contributed by atoms with Crippen molar-refractivity contribution in [1.29, 1.82) is 0 Å². The number of aromatic nitrogens is 2. The van der Waals surface area contributed by atoms with E-state index < -0.39 is 29.6 Å². The second kappa shape index (κ2) is 9.04. The van der Waals surface area contributed by atoms with E-state index in [2.05, 4.69) is 15.6 Å². The van der Waals surface area contributed by atoms with Crippen LogP contribution in [0.25, 0.3) is 11.2 Å². The summed E-state index contributed by atoms with van der Waals surface area (Å²) in [5, 5.41) is 7.50. The molecule has 1 unspecified atom stereocenters. The summed E-state index contributed by atoms with van der Waals surface area (Å²) in [7, 11) is 0. The average molecular weight is 419 g/mol. The molecule has 0 aliphatic carbocycles. The normalized spacial score (nSPS) is 12.6. The number of nitrogens with zero attached hydrogens (tertiary/aromatic N) is 2. The average Bonchev–Trinajstić information content (AvgIpc) is 3.19. The zero-order valence-corrected chi connectivity index (χ0v) is 18.2. The first kappa shape index (κ1) is 22.4. The molecule has 0 radical (unpaired) electrons. The number of hydrogen-bond donors (Lipinski definition) is 2. The van der Waals surface area contributed by atoms with Crippen molar-refractivity contribution in [2.24, 2.45) is 0 Å². The van der Waals surface area contributed by atoms with Crippen LogP contribution in [0.4, 0.5) is 4.79 Å². The van der Waals surface area contributed by atoms with Crippen LogP contribution in [-0.4, -0.2) is 39.1 Å². The molecular formula is C20H26N4O4S. The number of hydrogen-bond acceptors (Lipinski definition) is 6. The predicted molar refractivity (Wildman–Crippen MR) is 112 cm³/mol. The molecule has 0 aliphatic rings. The lowest BCUT2D eigenvalue weighted by atomic mass is 10.1. The summed E-state index contributed by atoms with van der Waals surface area (Å²) in [5.74, 6) is -1.38. The minimum atomic E-state index is -1.11. The summed E-state index contributed by atoms with van der Waals surface area (Å²) in [5.41, 5.74) is 2.28. The molecule has 1 atom stereocenters. The third-order valence-electron chi connectivity index (χ3n) is 3.87. The Morgan fingerprint density at radius 1 is 1.28 bits per heavy atom. The minimum absolute atomic E-state index is 0.488. The van der Waals surface area contributed by atoms with Crippen LogP contribution in [0.15, 0.2) is 23.7 Å². The molecule has 0 fully saturated rings. The smallest absolute Gasteiger partial charge is 0.331 e. The Bertz CT molecular complexity index is 923. The molecule has 29 heavy (non-hydrogen) atoms. The second-order valence-electron chi connectivity index (χ2n) is 7.58. The monoisotopic (exact) mass is 418 g/mol. The molecular weight excluding hydrogens is 392 g/mol. The van der Waals surface area contributed by atoms with Crippen molar-refractivity contribution in [3.8, 4) is 5.13 Å². The molecule has 156 valence electrons. The van der Waals surface area contributed by atoms with Crippen molar-refractivity contribution in [1.82, 2.24) is 20.2 Å². The Hall–Kier alpha value is -2.94. The lowest BCUT2D eigenvalue weighted by molar-refractivity contribution is -0.149. The number of urea groups is 1. The largest absolute Gasteiger partial charge is 0.449 e. The van der Waals surface area contributed by atoms with Gasteiger partial charge in [-0.2, -0.15) is 0 Å². The van der Waals surface area contributed by atoms with Crippen LogP contribution >= 0.6 is 11.3 Å². The van der Waals surface area contributed by atoms with Crippen molar-refractivity contribution in [3.63, 3.8) is 0 Å². The number of aryl methyl sites for hydroxylation is 1. The van der Waals surface area contributed by atoms with Gasteiger partial charge in [0.1, 0.15) is 0 Å². The summed E-state index contributed by atoms with van der Waals surface area (Å²) in [6.07, 6.45) is 3.51. The van der Waals surface area contributed by atoms with E-state index in [1.54, 1.807) is 33.0 Å². The number of nitrogens with one attached hydrogen (secondary N) is 2. The van der Waals surface area contributed by atoms with E-state index in [-0.39, 0.29) is 0 Å². The number of thiazole rings is 1. The molecule has 0 spiro atoms. The highest BCUT2D eigenvalue weighted by Crippen LogP contribution is 2.23. The molecule has 0 aliphatic heterocycles. The first-order valence-electron chi connectivity index (χ1n) is 9.08. The number of esters is 1. The Morgan fingerprint density at radius 3 is 2.55 bits per heavy atom. The van der Waals surface area contributed by atoms with E-state index in [0.29, 0.717) is 0 Å². The zero-order chi connectivity index (χ0) is 21.8. The molecule has 0 aromatic carbocycles. The first-order chi connectivity index (χ1) is 13.5. The van der Waals surface area contributed by atoms with Crippen molar-refractivity contribution in [2.75, 3.05) is 0 Å². The molecule has 2 rings (SSSR count). The quantitative estimate of drug-likeness (QED) is 0.574. The number of imide groups is 1. The topological polar surface area (TPSA) is 102 Å². The summed E-state index contributed by atoms with van der Waals surface area (Å²) in [6, 6.07) is 1.29. The van der Waals surface area contributed by atoms with Crippen LogP contribution in [0.5, 0.6) is 0 Å². The number of carbonyl (C=O) groups excluding carboxylic acids is 3. The first-order valence-corrected chi connectivity index (χ1v) is 9.96. The second-order valence-corrected chi connectivity index (χ2v) is 8.46. The van der Waals surface area contributed by atoms with Gasteiger partial charge in [0, 0.05) is 34.6 Å². The Labute approximate surface area is 174 Å². The summed E-state index contributed by atoms with van der Waals surface area (Å²) < 4.78 is 7.08. The van der Waals surface area contributed by atoms with E-state index in [1.807, 2.05) is 29.9 Å². The van der Waals surface area contributed by atoms with Gasteiger partial charge in [0.2, 0.25) is 0 Å². The van der Waals surface area contributed by atoms with Crippen LogP contribution in [0, 0.1) is 13.8 Å². The number of amides is 3. The van der Waals surface area contributed by atoms with Gasteiger partial charge in [0.05, 0.1) is 0 Å². The molecule has 2 heterocycles. The minimum Gasteiger partial charge on any atom is -0.449 e. The van der Waals surface area contributed by atoms with E-state index in [1.165, 1.54) is 24.3 Å². The van der Waals surface area contributed by atoms with Gasteiger partial charge in [-0.1, -0.05) is 0 Å². The van der Waals surface area contributed by atoms with Gasteiger partial charge < -0.3 is 10.1 Å². The van der Waals surface area contributed by atoms with Crippen molar-refractivity contribution < 1.29 is 19.1 Å². The maximum atomic E-state index is 12.1. The fourth-order valence-corrected chi connectivity index (χ4v) is 3.34. The predicted octanol–water partition coefficient (Wildman–Crippen LogP) is 3.12. The SMILES string of the molecule is Cc1cc(/C=C/C(=O)OC(C)C(=O)NC(=O)NC(C)(C)C)c(C)n1-c1nccs1. The highest BCUT2D eigenvalue weighted by Gasteiger charge is 2.21. The molecule has 2 aromatic heterocycles. The maximum absolute atomic E-state index is 12.1. The lowest BCUT2D eigenvalue weighted by Crippen LogP contribution is -2.50. The van der Waals surface area contributed by atoms with E-state index in [9.17, 15) is 14.4 Å². The van der Waals surface area contributed by atoms with Crippen LogP contribution in [0.1, 0.15) is 44.6 Å². The van der Waals surface area contributed by atoms with Gasteiger partial charge in [-0.05, 0) is 59.2 Å². The third kappa shape index (κ3) is 6.28. The molecule has 2 N–H and O–H groups in total. The molecule has 3 amide bonds. The number of ether oxygens (including phenoxy) is 1. The van der Waals surface area contributed by atoms with Gasteiger partial charge in [-0.3, -0.25) is 14.7 Å². The maximum Gasteiger partial charge on any atom is 0.331 e. The van der Waals surface area contributed by atoms with E-state index in [4.69, 9.17) is 4.74 Å². The highest BCUT2D eigenvalue weighted by atomic mass is 32.1. The molecule has 8 nitrogen and oxygen atoms in total. The summed E-state index contributed by atoms with van der Waals surface area (Å²) in [4.78, 5) is 40.1. The van der Waals surface area contributed by atoms with Crippen molar-refractivity contribution >= 4 is 35.3 Å². The van der Waals surface area contributed by atoms with Gasteiger partial charge in [0.25, 0.3) is 5.91 Å². The van der Waals surface area contributed by atoms with Crippen LogP contribution in [-0.2, 0) is 14.3 Å². The van der Waals surface area contributed by atoms with Crippen molar-refractivity contribution in [2.45, 2.75) is 53.2 Å². The summed E-state index contributed by atoms with van der Waals surface area (Å²) in [6.45, 7) is 10.7. The van der Waals surface area contributed by atoms with E-state index in [0.717, 1.165) is 22.1 Å². The molecule has 9 heteroatoms. The van der Waals surface area contributed by atoms with Crippen LogP contribution < -0.4 is 10.6 Å².